The lowest BCUT2D eigenvalue weighted by Gasteiger charge is -2.37. The van der Waals surface area contributed by atoms with E-state index in [0.717, 1.165) is 31.6 Å². The van der Waals surface area contributed by atoms with E-state index in [-0.39, 0.29) is 11.4 Å². The van der Waals surface area contributed by atoms with Crippen molar-refractivity contribution in [2.75, 3.05) is 13.1 Å². The minimum absolute atomic E-state index is 0.0179. The fourth-order valence-corrected chi connectivity index (χ4v) is 2.35. The van der Waals surface area contributed by atoms with Crippen molar-refractivity contribution in [3.63, 3.8) is 0 Å². The minimum atomic E-state index is -0.131. The summed E-state index contributed by atoms with van der Waals surface area (Å²) in [7, 11) is 0. The number of hydrogen-bond donors (Lipinski definition) is 2. The summed E-state index contributed by atoms with van der Waals surface area (Å²) in [4.78, 5) is 16.3. The smallest absolute Gasteiger partial charge is 0.251 e. The SMILES string of the molecule is Cc1cc(C(=O)NC2(C)CCN(S)CC2)ccn1. The quantitative estimate of drug-likeness (QED) is 0.802. The van der Waals surface area contributed by atoms with Crippen LogP contribution >= 0.6 is 12.8 Å². The van der Waals surface area contributed by atoms with Gasteiger partial charge in [0.15, 0.2) is 0 Å². The molecule has 0 bridgehead atoms. The molecular formula is C13H19N3OS. The van der Waals surface area contributed by atoms with Crippen molar-refractivity contribution < 1.29 is 4.79 Å². The molecule has 0 aromatic carbocycles. The van der Waals surface area contributed by atoms with Crippen LogP contribution in [0.1, 0.15) is 35.8 Å². The number of hydrogen-bond acceptors (Lipinski definition) is 4. The molecular weight excluding hydrogens is 246 g/mol. The molecule has 0 radical (unpaired) electrons. The van der Waals surface area contributed by atoms with E-state index in [9.17, 15) is 4.79 Å². The number of carbonyl (C=O) groups excluding carboxylic acids is 1. The third-order valence-corrected chi connectivity index (χ3v) is 3.82. The zero-order valence-electron chi connectivity index (χ0n) is 10.8. The first-order valence-electron chi connectivity index (χ1n) is 6.17. The van der Waals surface area contributed by atoms with Crippen LogP contribution in [0.5, 0.6) is 0 Å². The van der Waals surface area contributed by atoms with Gasteiger partial charge in [0, 0.05) is 36.1 Å². The number of aryl methyl sites for hydroxylation is 1. The minimum Gasteiger partial charge on any atom is -0.347 e. The molecule has 0 atom stereocenters. The maximum atomic E-state index is 12.2. The average molecular weight is 265 g/mol. The van der Waals surface area contributed by atoms with Crippen molar-refractivity contribution in [2.24, 2.45) is 0 Å². The Balaban J connectivity index is 2.03. The van der Waals surface area contributed by atoms with Gasteiger partial charge in [-0.25, -0.2) is 0 Å². The van der Waals surface area contributed by atoms with Gasteiger partial charge in [-0.2, -0.15) is 0 Å². The Morgan fingerprint density at radius 1 is 1.50 bits per heavy atom. The zero-order chi connectivity index (χ0) is 13.2. The third-order valence-electron chi connectivity index (χ3n) is 3.42. The summed E-state index contributed by atoms with van der Waals surface area (Å²) in [6, 6.07) is 3.56. The topological polar surface area (TPSA) is 45.2 Å². The molecule has 2 rings (SSSR count). The second-order valence-corrected chi connectivity index (χ2v) is 5.72. The van der Waals surface area contributed by atoms with E-state index in [4.69, 9.17) is 0 Å². The van der Waals surface area contributed by atoms with Crippen LogP contribution in [0.15, 0.2) is 18.3 Å². The molecule has 1 aromatic rings. The number of rotatable bonds is 2. The van der Waals surface area contributed by atoms with Gasteiger partial charge >= 0.3 is 0 Å². The van der Waals surface area contributed by atoms with Crippen molar-refractivity contribution in [3.8, 4) is 0 Å². The lowest BCUT2D eigenvalue weighted by Crippen LogP contribution is -2.51. The molecule has 5 heteroatoms. The first kappa shape index (κ1) is 13.4. The average Bonchev–Trinajstić information content (AvgIpc) is 2.33. The van der Waals surface area contributed by atoms with E-state index in [1.807, 2.05) is 17.3 Å². The Kier molecular flexibility index (Phi) is 3.92. The third kappa shape index (κ3) is 3.23. The summed E-state index contributed by atoms with van der Waals surface area (Å²) < 4.78 is 1.99. The van der Waals surface area contributed by atoms with Crippen LogP contribution in [0.25, 0.3) is 0 Å². The maximum absolute atomic E-state index is 12.2. The lowest BCUT2D eigenvalue weighted by molar-refractivity contribution is 0.0874. The number of nitrogens with one attached hydrogen (secondary N) is 1. The Morgan fingerprint density at radius 3 is 2.78 bits per heavy atom. The Hall–Kier alpha value is -1.07. The number of nitrogens with zero attached hydrogens (tertiary/aromatic N) is 2. The van der Waals surface area contributed by atoms with E-state index < -0.39 is 0 Å². The van der Waals surface area contributed by atoms with Gasteiger partial charge in [-0.3, -0.25) is 14.1 Å². The van der Waals surface area contributed by atoms with E-state index >= 15 is 0 Å². The van der Waals surface area contributed by atoms with Crippen LogP contribution < -0.4 is 5.32 Å². The van der Waals surface area contributed by atoms with Crippen molar-refractivity contribution in [1.29, 1.82) is 0 Å². The number of amides is 1. The van der Waals surface area contributed by atoms with E-state index in [1.54, 1.807) is 12.3 Å². The van der Waals surface area contributed by atoms with Crippen LogP contribution in [0.3, 0.4) is 0 Å². The fraction of sp³-hybridized carbons (Fsp3) is 0.538. The highest BCUT2D eigenvalue weighted by Gasteiger charge is 2.30. The molecule has 0 spiro atoms. The standard InChI is InChI=1S/C13H19N3OS/c1-10-9-11(3-6-14-10)12(17)15-13(2)4-7-16(18)8-5-13/h3,6,9,18H,4-5,7-8H2,1-2H3,(H,15,17). The first-order valence-corrected chi connectivity index (χ1v) is 6.57. The van der Waals surface area contributed by atoms with Gasteiger partial charge in [-0.15, -0.1) is 0 Å². The molecule has 1 fully saturated rings. The molecule has 1 amide bonds. The highest BCUT2D eigenvalue weighted by molar-refractivity contribution is 7.77. The van der Waals surface area contributed by atoms with Crippen LogP contribution in [0, 0.1) is 6.92 Å². The second-order valence-electron chi connectivity index (χ2n) is 5.15. The molecule has 1 aliphatic rings. The van der Waals surface area contributed by atoms with Gasteiger partial charge in [0.05, 0.1) is 0 Å². The Bertz CT molecular complexity index is 442. The summed E-state index contributed by atoms with van der Waals surface area (Å²) in [6.07, 6.45) is 3.52. The monoisotopic (exact) mass is 265 g/mol. The van der Waals surface area contributed by atoms with E-state index in [0.29, 0.717) is 5.56 Å². The Morgan fingerprint density at radius 2 is 2.17 bits per heavy atom. The van der Waals surface area contributed by atoms with Gasteiger partial charge in [0.25, 0.3) is 5.91 Å². The normalized spacial score (nSPS) is 19.5. The highest BCUT2D eigenvalue weighted by Crippen LogP contribution is 2.23. The van der Waals surface area contributed by atoms with Crippen LogP contribution in [-0.4, -0.2) is 33.8 Å². The zero-order valence-corrected chi connectivity index (χ0v) is 11.7. The molecule has 18 heavy (non-hydrogen) atoms. The molecule has 4 nitrogen and oxygen atoms in total. The number of thiol groups is 1. The van der Waals surface area contributed by atoms with Gasteiger partial charge in [0.2, 0.25) is 0 Å². The fourth-order valence-electron chi connectivity index (χ4n) is 2.15. The van der Waals surface area contributed by atoms with Crippen LogP contribution in [-0.2, 0) is 0 Å². The van der Waals surface area contributed by atoms with Crippen molar-refractivity contribution in [3.05, 3.63) is 29.6 Å². The van der Waals surface area contributed by atoms with Crippen LogP contribution in [0.4, 0.5) is 0 Å². The predicted molar refractivity (Wildman–Crippen MR) is 74.6 cm³/mol. The summed E-state index contributed by atoms with van der Waals surface area (Å²) in [6.45, 7) is 5.78. The summed E-state index contributed by atoms with van der Waals surface area (Å²) >= 11 is 4.33. The lowest BCUT2D eigenvalue weighted by atomic mass is 9.90. The molecule has 1 aliphatic heterocycles. The number of piperidine rings is 1. The van der Waals surface area contributed by atoms with Gasteiger partial charge in [0.1, 0.15) is 0 Å². The van der Waals surface area contributed by atoms with E-state index in [2.05, 4.69) is 30.0 Å². The maximum Gasteiger partial charge on any atom is 0.251 e. The van der Waals surface area contributed by atoms with Crippen molar-refractivity contribution in [1.82, 2.24) is 14.6 Å². The molecule has 1 N–H and O–H groups in total. The molecule has 1 saturated heterocycles. The van der Waals surface area contributed by atoms with Gasteiger partial charge in [-0.1, -0.05) is 12.8 Å². The number of aromatic nitrogens is 1. The largest absolute Gasteiger partial charge is 0.347 e. The molecule has 0 aliphatic carbocycles. The Labute approximate surface area is 113 Å². The molecule has 2 heterocycles. The van der Waals surface area contributed by atoms with Crippen LogP contribution in [0.2, 0.25) is 0 Å². The first-order chi connectivity index (χ1) is 8.48. The summed E-state index contributed by atoms with van der Waals surface area (Å²) in [5.41, 5.74) is 1.41. The number of carbonyl (C=O) groups is 1. The van der Waals surface area contributed by atoms with Gasteiger partial charge in [-0.05, 0) is 38.8 Å². The van der Waals surface area contributed by atoms with Gasteiger partial charge < -0.3 is 5.32 Å². The predicted octanol–water partition coefficient (Wildman–Crippen LogP) is 1.82. The summed E-state index contributed by atoms with van der Waals surface area (Å²) in [5, 5.41) is 3.13. The second kappa shape index (κ2) is 5.28. The van der Waals surface area contributed by atoms with E-state index in [1.165, 1.54) is 0 Å². The van der Waals surface area contributed by atoms with Crippen molar-refractivity contribution >= 4 is 18.7 Å². The molecule has 98 valence electrons. The van der Waals surface area contributed by atoms with Crippen molar-refractivity contribution in [2.45, 2.75) is 32.2 Å². The molecule has 0 saturated carbocycles. The highest BCUT2D eigenvalue weighted by atomic mass is 32.1. The number of pyridine rings is 1. The molecule has 1 aromatic heterocycles. The molecule has 0 unspecified atom stereocenters. The summed E-state index contributed by atoms with van der Waals surface area (Å²) in [5.74, 6) is -0.0179.